The molecule has 1 amide bonds. The first-order valence-corrected chi connectivity index (χ1v) is 12.6. The molecule has 2 fully saturated rings. The number of carbonyl (C=O) groups excluding carboxylic acids is 2. The standard InChI is InChI=1S/C28H34N2O6/c1-3-17-36-23-11-7-21(8-12-23)26(31)24-25(20-5-9-22(10-6-20)35-4-2)30(28(33)27(24)32)14-13-29-15-18-34-19-16-29/h5-12,25,31H,3-4,13-19H2,1-2H3/t25-/m1/s1. The van der Waals surface area contributed by atoms with Gasteiger partial charge >= 0.3 is 0 Å². The van der Waals surface area contributed by atoms with Gasteiger partial charge in [-0.15, -0.1) is 0 Å². The highest BCUT2D eigenvalue weighted by atomic mass is 16.5. The Morgan fingerprint density at radius 2 is 1.58 bits per heavy atom. The van der Waals surface area contributed by atoms with Gasteiger partial charge in [0, 0.05) is 31.7 Å². The number of ketones is 1. The molecule has 2 saturated heterocycles. The predicted octanol–water partition coefficient (Wildman–Crippen LogP) is 3.63. The Morgan fingerprint density at radius 1 is 0.944 bits per heavy atom. The maximum absolute atomic E-state index is 13.3. The van der Waals surface area contributed by atoms with Gasteiger partial charge in [-0.3, -0.25) is 14.5 Å². The minimum absolute atomic E-state index is 0.0911. The maximum Gasteiger partial charge on any atom is 0.295 e. The van der Waals surface area contributed by atoms with Crippen molar-refractivity contribution in [2.75, 3.05) is 52.6 Å². The van der Waals surface area contributed by atoms with Crippen molar-refractivity contribution in [1.29, 1.82) is 0 Å². The molecule has 4 rings (SSSR count). The number of likely N-dealkylation sites (tertiary alicyclic amines) is 1. The summed E-state index contributed by atoms with van der Waals surface area (Å²) >= 11 is 0. The summed E-state index contributed by atoms with van der Waals surface area (Å²) < 4.78 is 16.6. The molecule has 2 aliphatic rings. The summed E-state index contributed by atoms with van der Waals surface area (Å²) in [6, 6.07) is 13.6. The number of ether oxygens (including phenoxy) is 3. The minimum Gasteiger partial charge on any atom is -0.507 e. The fraction of sp³-hybridized carbons (Fsp3) is 0.429. The first-order valence-electron chi connectivity index (χ1n) is 12.6. The van der Waals surface area contributed by atoms with E-state index in [1.807, 2.05) is 38.1 Å². The third-order valence-corrected chi connectivity index (χ3v) is 6.41. The van der Waals surface area contributed by atoms with E-state index in [4.69, 9.17) is 14.2 Å². The Labute approximate surface area is 212 Å². The summed E-state index contributed by atoms with van der Waals surface area (Å²) in [7, 11) is 0. The lowest BCUT2D eigenvalue weighted by Crippen LogP contribution is -2.42. The highest BCUT2D eigenvalue weighted by molar-refractivity contribution is 6.46. The second-order valence-electron chi connectivity index (χ2n) is 8.82. The summed E-state index contributed by atoms with van der Waals surface area (Å²) in [5.74, 6) is -0.0916. The van der Waals surface area contributed by atoms with Crippen molar-refractivity contribution in [1.82, 2.24) is 9.80 Å². The average molecular weight is 495 g/mol. The van der Waals surface area contributed by atoms with Gasteiger partial charge in [0.05, 0.1) is 38.0 Å². The van der Waals surface area contributed by atoms with Crippen LogP contribution in [0.3, 0.4) is 0 Å². The lowest BCUT2D eigenvalue weighted by molar-refractivity contribution is -0.140. The molecule has 2 aromatic rings. The van der Waals surface area contributed by atoms with E-state index < -0.39 is 17.7 Å². The molecular weight excluding hydrogens is 460 g/mol. The van der Waals surface area contributed by atoms with Crippen LogP contribution in [-0.4, -0.2) is 79.2 Å². The lowest BCUT2D eigenvalue weighted by Gasteiger charge is -2.31. The Hall–Kier alpha value is -3.36. The molecule has 192 valence electrons. The molecule has 8 nitrogen and oxygen atoms in total. The van der Waals surface area contributed by atoms with E-state index in [0.29, 0.717) is 56.6 Å². The number of amides is 1. The van der Waals surface area contributed by atoms with Crippen LogP contribution in [0.1, 0.15) is 37.4 Å². The van der Waals surface area contributed by atoms with Crippen molar-refractivity contribution in [3.05, 3.63) is 65.2 Å². The fourth-order valence-electron chi connectivity index (χ4n) is 4.53. The van der Waals surface area contributed by atoms with Gasteiger partial charge in [0.1, 0.15) is 17.3 Å². The highest BCUT2D eigenvalue weighted by Crippen LogP contribution is 2.40. The Bertz CT molecular complexity index is 1070. The van der Waals surface area contributed by atoms with Gasteiger partial charge in [0.15, 0.2) is 0 Å². The number of hydrogen-bond donors (Lipinski definition) is 1. The van der Waals surface area contributed by atoms with Crippen molar-refractivity contribution in [2.24, 2.45) is 0 Å². The SMILES string of the molecule is CCCOc1ccc(C(O)=C2C(=O)C(=O)N(CCN3CCOCC3)[C@@H]2c2ccc(OCC)cc2)cc1. The number of aliphatic hydroxyl groups is 1. The van der Waals surface area contributed by atoms with E-state index >= 15 is 0 Å². The topological polar surface area (TPSA) is 88.5 Å². The summed E-state index contributed by atoms with van der Waals surface area (Å²) in [4.78, 5) is 30.2. The van der Waals surface area contributed by atoms with Crippen LogP contribution >= 0.6 is 0 Å². The molecule has 0 unspecified atom stereocenters. The average Bonchev–Trinajstić information content (AvgIpc) is 3.17. The molecule has 2 aromatic carbocycles. The first-order chi connectivity index (χ1) is 17.5. The molecule has 8 heteroatoms. The van der Waals surface area contributed by atoms with Gasteiger partial charge in [-0.2, -0.15) is 0 Å². The Balaban J connectivity index is 1.68. The third kappa shape index (κ3) is 5.71. The predicted molar refractivity (Wildman–Crippen MR) is 136 cm³/mol. The van der Waals surface area contributed by atoms with Crippen LogP contribution in [0.25, 0.3) is 5.76 Å². The molecule has 2 heterocycles. The Kier molecular flexibility index (Phi) is 8.61. The number of nitrogens with zero attached hydrogens (tertiary/aromatic N) is 2. The van der Waals surface area contributed by atoms with E-state index in [1.165, 1.54) is 0 Å². The van der Waals surface area contributed by atoms with Crippen LogP contribution in [0.2, 0.25) is 0 Å². The highest BCUT2D eigenvalue weighted by Gasteiger charge is 2.46. The van der Waals surface area contributed by atoms with Crippen molar-refractivity contribution in [3.63, 3.8) is 0 Å². The number of Topliss-reactive ketones (excluding diaryl/α,β-unsaturated/α-hetero) is 1. The van der Waals surface area contributed by atoms with Crippen LogP contribution in [0.5, 0.6) is 11.5 Å². The number of hydrogen-bond acceptors (Lipinski definition) is 7. The van der Waals surface area contributed by atoms with Crippen LogP contribution in [0.4, 0.5) is 0 Å². The van der Waals surface area contributed by atoms with E-state index in [0.717, 1.165) is 25.1 Å². The maximum atomic E-state index is 13.3. The fourth-order valence-corrected chi connectivity index (χ4v) is 4.53. The number of rotatable bonds is 10. The molecule has 0 aromatic heterocycles. The van der Waals surface area contributed by atoms with Gasteiger partial charge in [-0.1, -0.05) is 19.1 Å². The molecule has 1 N–H and O–H groups in total. The van der Waals surface area contributed by atoms with Crippen LogP contribution in [0.15, 0.2) is 54.1 Å². The van der Waals surface area contributed by atoms with Gasteiger partial charge < -0.3 is 24.2 Å². The van der Waals surface area contributed by atoms with E-state index in [1.54, 1.807) is 29.2 Å². The summed E-state index contributed by atoms with van der Waals surface area (Å²) in [5.41, 5.74) is 1.29. The van der Waals surface area contributed by atoms with Crippen LogP contribution < -0.4 is 9.47 Å². The molecule has 1 atom stereocenters. The molecular formula is C28H34N2O6. The second kappa shape index (κ2) is 12.1. The van der Waals surface area contributed by atoms with Gasteiger partial charge in [-0.25, -0.2) is 0 Å². The number of carbonyl (C=O) groups is 2. The zero-order valence-electron chi connectivity index (χ0n) is 20.9. The molecule has 0 radical (unpaired) electrons. The Morgan fingerprint density at radius 3 is 2.22 bits per heavy atom. The molecule has 0 saturated carbocycles. The van der Waals surface area contributed by atoms with Gasteiger partial charge in [0.25, 0.3) is 11.7 Å². The first kappa shape index (κ1) is 25.7. The molecule has 0 bridgehead atoms. The normalized spacial score (nSPS) is 20.1. The van der Waals surface area contributed by atoms with Crippen molar-refractivity contribution in [2.45, 2.75) is 26.3 Å². The molecule has 0 aliphatic carbocycles. The monoisotopic (exact) mass is 494 g/mol. The van der Waals surface area contributed by atoms with E-state index in [-0.39, 0.29) is 11.3 Å². The number of morpholine rings is 1. The van der Waals surface area contributed by atoms with Crippen LogP contribution in [0, 0.1) is 0 Å². The lowest BCUT2D eigenvalue weighted by atomic mass is 9.95. The largest absolute Gasteiger partial charge is 0.507 e. The van der Waals surface area contributed by atoms with Crippen molar-refractivity contribution < 1.29 is 28.9 Å². The summed E-state index contributed by atoms with van der Waals surface area (Å²) in [5, 5.41) is 11.3. The zero-order chi connectivity index (χ0) is 25.5. The zero-order valence-corrected chi connectivity index (χ0v) is 20.9. The third-order valence-electron chi connectivity index (χ3n) is 6.41. The van der Waals surface area contributed by atoms with Crippen LogP contribution in [-0.2, 0) is 14.3 Å². The summed E-state index contributed by atoms with van der Waals surface area (Å²) in [6.07, 6.45) is 0.887. The molecule has 0 spiro atoms. The van der Waals surface area contributed by atoms with Crippen molar-refractivity contribution in [3.8, 4) is 11.5 Å². The van der Waals surface area contributed by atoms with E-state index in [9.17, 15) is 14.7 Å². The second-order valence-corrected chi connectivity index (χ2v) is 8.82. The number of benzene rings is 2. The number of aliphatic hydroxyl groups excluding tert-OH is 1. The quantitative estimate of drug-likeness (QED) is 0.307. The van der Waals surface area contributed by atoms with E-state index in [2.05, 4.69) is 4.90 Å². The smallest absolute Gasteiger partial charge is 0.295 e. The van der Waals surface area contributed by atoms with Gasteiger partial charge in [0.2, 0.25) is 0 Å². The minimum atomic E-state index is -0.697. The van der Waals surface area contributed by atoms with Gasteiger partial charge in [-0.05, 0) is 55.3 Å². The summed E-state index contributed by atoms with van der Waals surface area (Å²) in [6.45, 7) is 8.92. The van der Waals surface area contributed by atoms with Crippen molar-refractivity contribution >= 4 is 17.4 Å². The molecule has 36 heavy (non-hydrogen) atoms. The molecule has 2 aliphatic heterocycles.